The van der Waals surface area contributed by atoms with Crippen molar-refractivity contribution in [1.82, 2.24) is 0 Å². The summed E-state index contributed by atoms with van der Waals surface area (Å²) >= 11 is 0. The summed E-state index contributed by atoms with van der Waals surface area (Å²) in [4.78, 5) is 0. The molecule has 19 heavy (non-hydrogen) atoms. The summed E-state index contributed by atoms with van der Waals surface area (Å²) in [6.07, 6.45) is 15.3. The lowest BCUT2D eigenvalue weighted by atomic mass is 9.57. The van der Waals surface area contributed by atoms with Crippen molar-refractivity contribution in [3.8, 4) is 0 Å². The van der Waals surface area contributed by atoms with Gasteiger partial charge in [0.05, 0.1) is 0 Å². The summed E-state index contributed by atoms with van der Waals surface area (Å²) in [6, 6.07) is 0. The number of rotatable bonds is 12. The van der Waals surface area contributed by atoms with E-state index in [0.29, 0.717) is 10.8 Å². The Hall–Kier alpha value is 0. The Kier molecular flexibility index (Phi) is 9.83. The van der Waals surface area contributed by atoms with Crippen molar-refractivity contribution >= 4 is 0 Å². The molecule has 0 rings (SSSR count). The summed E-state index contributed by atoms with van der Waals surface area (Å²) in [7, 11) is 0. The van der Waals surface area contributed by atoms with E-state index in [1.807, 2.05) is 0 Å². The van der Waals surface area contributed by atoms with Gasteiger partial charge in [-0.15, -0.1) is 0 Å². The van der Waals surface area contributed by atoms with E-state index in [9.17, 15) is 0 Å². The van der Waals surface area contributed by atoms with Crippen molar-refractivity contribution in [3.63, 3.8) is 0 Å². The van der Waals surface area contributed by atoms with Crippen LogP contribution >= 0.6 is 0 Å². The third-order valence-corrected chi connectivity index (χ3v) is 5.51. The van der Waals surface area contributed by atoms with Crippen LogP contribution in [-0.2, 0) is 0 Å². The van der Waals surface area contributed by atoms with Crippen molar-refractivity contribution in [2.75, 3.05) is 0 Å². The van der Waals surface area contributed by atoms with Gasteiger partial charge in [0, 0.05) is 0 Å². The second-order valence-corrected chi connectivity index (χ2v) is 7.18. The van der Waals surface area contributed by atoms with Crippen molar-refractivity contribution in [2.45, 2.75) is 112 Å². The predicted molar refractivity (Wildman–Crippen MR) is 89.7 cm³/mol. The number of hydrogen-bond acceptors (Lipinski definition) is 0. The molecule has 0 nitrogen and oxygen atoms in total. The highest BCUT2D eigenvalue weighted by atomic mass is 14.5. The van der Waals surface area contributed by atoms with Crippen LogP contribution in [0.4, 0.5) is 0 Å². The minimum absolute atomic E-state index is 0.558. The summed E-state index contributed by atoms with van der Waals surface area (Å²) in [5, 5.41) is 0. The van der Waals surface area contributed by atoms with Gasteiger partial charge in [-0.1, -0.05) is 86.5 Å². The van der Waals surface area contributed by atoms with Gasteiger partial charge < -0.3 is 0 Å². The highest BCUT2D eigenvalue weighted by Gasteiger charge is 2.41. The monoisotopic (exact) mass is 268 g/mol. The third-order valence-electron chi connectivity index (χ3n) is 5.51. The van der Waals surface area contributed by atoms with E-state index in [1.54, 1.807) is 0 Å². The Labute approximate surface area is 123 Å². The highest BCUT2D eigenvalue weighted by molar-refractivity contribution is 4.92. The molecule has 0 aliphatic heterocycles. The second-order valence-electron chi connectivity index (χ2n) is 7.18. The van der Waals surface area contributed by atoms with Gasteiger partial charge in [0.15, 0.2) is 0 Å². The van der Waals surface area contributed by atoms with E-state index in [2.05, 4.69) is 41.5 Å². The van der Waals surface area contributed by atoms with Crippen LogP contribution in [0.3, 0.4) is 0 Å². The zero-order valence-electron chi connectivity index (χ0n) is 14.8. The molecule has 0 aliphatic carbocycles. The summed E-state index contributed by atoms with van der Waals surface area (Å²) in [6.45, 7) is 14.6. The molecule has 0 heterocycles. The first kappa shape index (κ1) is 19.0. The third kappa shape index (κ3) is 5.88. The first-order valence-electron chi connectivity index (χ1n) is 8.99. The fourth-order valence-corrected chi connectivity index (χ4v) is 3.71. The van der Waals surface area contributed by atoms with Crippen molar-refractivity contribution in [1.29, 1.82) is 0 Å². The number of unbranched alkanes of at least 4 members (excludes halogenated alkanes) is 3. The summed E-state index contributed by atoms with van der Waals surface area (Å²) in [5.74, 6) is 0. The average molecular weight is 269 g/mol. The average Bonchev–Trinajstić information content (AvgIpc) is 2.40. The topological polar surface area (TPSA) is 0 Å². The van der Waals surface area contributed by atoms with Gasteiger partial charge in [-0.05, 0) is 36.5 Å². The zero-order chi connectivity index (χ0) is 14.8. The van der Waals surface area contributed by atoms with Gasteiger partial charge in [0.25, 0.3) is 0 Å². The molecule has 116 valence electrons. The largest absolute Gasteiger partial charge is 0.0654 e. The van der Waals surface area contributed by atoms with Crippen molar-refractivity contribution < 1.29 is 0 Å². The molecule has 0 fully saturated rings. The normalized spacial score (nSPS) is 15.5. The first-order valence-corrected chi connectivity index (χ1v) is 8.99. The quantitative estimate of drug-likeness (QED) is 0.346. The van der Waals surface area contributed by atoms with Gasteiger partial charge >= 0.3 is 0 Å². The molecule has 0 bridgehead atoms. The standard InChI is InChI=1S/C19H40/c1-7-11-15-18(5,14-10-4)19(6,16-12-8-2)17-13-9-3/h7-17H2,1-6H3. The fraction of sp³-hybridized carbons (Fsp3) is 1.00. The van der Waals surface area contributed by atoms with Gasteiger partial charge in [-0.2, -0.15) is 0 Å². The van der Waals surface area contributed by atoms with E-state index < -0.39 is 0 Å². The Morgan fingerprint density at radius 1 is 0.474 bits per heavy atom. The molecule has 0 saturated heterocycles. The van der Waals surface area contributed by atoms with Gasteiger partial charge in [-0.25, -0.2) is 0 Å². The van der Waals surface area contributed by atoms with Crippen LogP contribution in [0.15, 0.2) is 0 Å². The highest BCUT2D eigenvalue weighted by Crippen LogP contribution is 2.52. The molecule has 1 unspecified atom stereocenters. The first-order chi connectivity index (χ1) is 8.99. The van der Waals surface area contributed by atoms with Crippen LogP contribution in [0.5, 0.6) is 0 Å². The lowest BCUT2D eigenvalue weighted by Crippen LogP contribution is -2.38. The Morgan fingerprint density at radius 3 is 1.05 bits per heavy atom. The SMILES string of the molecule is CCCCC(C)(CCC)C(C)(CCCC)CCCC. The van der Waals surface area contributed by atoms with Gasteiger partial charge in [-0.3, -0.25) is 0 Å². The molecule has 0 N–H and O–H groups in total. The minimum atomic E-state index is 0.558. The van der Waals surface area contributed by atoms with Crippen LogP contribution in [0, 0.1) is 10.8 Å². The van der Waals surface area contributed by atoms with E-state index in [4.69, 9.17) is 0 Å². The molecule has 1 atom stereocenters. The Balaban J connectivity index is 4.97. The smallest absolute Gasteiger partial charge is 0.0272 e. The molecule has 0 heteroatoms. The van der Waals surface area contributed by atoms with Crippen molar-refractivity contribution in [3.05, 3.63) is 0 Å². The molecule has 0 aliphatic rings. The maximum atomic E-state index is 2.60. The Morgan fingerprint density at radius 2 is 0.789 bits per heavy atom. The molecular formula is C19H40. The molecular weight excluding hydrogens is 228 g/mol. The van der Waals surface area contributed by atoms with E-state index >= 15 is 0 Å². The van der Waals surface area contributed by atoms with Gasteiger partial charge in [0.1, 0.15) is 0 Å². The van der Waals surface area contributed by atoms with E-state index in [-0.39, 0.29) is 0 Å². The summed E-state index contributed by atoms with van der Waals surface area (Å²) < 4.78 is 0. The van der Waals surface area contributed by atoms with E-state index in [0.717, 1.165) is 0 Å². The van der Waals surface area contributed by atoms with Crippen LogP contribution in [-0.4, -0.2) is 0 Å². The van der Waals surface area contributed by atoms with Crippen LogP contribution in [0.2, 0.25) is 0 Å². The predicted octanol–water partition coefficient (Wildman–Crippen LogP) is 7.37. The molecule has 0 amide bonds. The number of hydrogen-bond donors (Lipinski definition) is 0. The lowest BCUT2D eigenvalue weighted by molar-refractivity contribution is 0.0238. The maximum Gasteiger partial charge on any atom is -0.0272 e. The molecule has 0 saturated carbocycles. The van der Waals surface area contributed by atoms with Crippen LogP contribution < -0.4 is 0 Å². The molecule has 0 aromatic carbocycles. The molecule has 0 aromatic rings. The second kappa shape index (κ2) is 9.83. The Bertz CT molecular complexity index is 198. The zero-order valence-corrected chi connectivity index (χ0v) is 14.8. The maximum absolute atomic E-state index is 2.60. The summed E-state index contributed by atoms with van der Waals surface area (Å²) in [5.41, 5.74) is 1.12. The minimum Gasteiger partial charge on any atom is -0.0654 e. The molecule has 0 radical (unpaired) electrons. The van der Waals surface area contributed by atoms with Crippen LogP contribution in [0.25, 0.3) is 0 Å². The molecule has 0 spiro atoms. The van der Waals surface area contributed by atoms with Crippen molar-refractivity contribution in [2.24, 2.45) is 10.8 Å². The molecule has 0 aromatic heterocycles. The van der Waals surface area contributed by atoms with E-state index in [1.165, 1.54) is 70.6 Å². The lowest BCUT2D eigenvalue weighted by Gasteiger charge is -2.48. The van der Waals surface area contributed by atoms with Gasteiger partial charge in [0.2, 0.25) is 0 Å². The fourth-order valence-electron chi connectivity index (χ4n) is 3.71. The van der Waals surface area contributed by atoms with Crippen LogP contribution in [0.1, 0.15) is 112 Å².